The fourth-order valence-electron chi connectivity index (χ4n) is 1.96. The van der Waals surface area contributed by atoms with Gasteiger partial charge in [-0.15, -0.1) is 5.11 Å². The Morgan fingerprint density at radius 1 is 0.909 bits per heavy atom. The van der Waals surface area contributed by atoms with Crippen LogP contribution in [0.3, 0.4) is 0 Å². The first-order valence-electron chi connectivity index (χ1n) is 6.37. The largest absolute Gasteiger partial charge is 0.294 e. The van der Waals surface area contributed by atoms with E-state index in [0.717, 1.165) is 10.9 Å². The molecule has 0 aliphatic carbocycles. The Morgan fingerprint density at radius 3 is 2.36 bits per heavy atom. The van der Waals surface area contributed by atoms with Crippen LogP contribution < -0.4 is 0 Å². The Balaban J connectivity index is 1.93. The van der Waals surface area contributed by atoms with Crippen LogP contribution in [0.15, 0.2) is 75.9 Å². The van der Waals surface area contributed by atoms with Gasteiger partial charge >= 0.3 is 0 Å². The lowest BCUT2D eigenvalue weighted by atomic mass is 10.2. The highest BCUT2D eigenvalue weighted by atomic mass is 32.2. The monoisotopic (exact) mass is 313 g/mol. The highest BCUT2D eigenvalue weighted by Crippen LogP contribution is 2.26. The van der Waals surface area contributed by atoms with E-state index in [0.29, 0.717) is 11.4 Å². The van der Waals surface area contributed by atoms with Gasteiger partial charge < -0.3 is 0 Å². The molecule has 110 valence electrons. The van der Waals surface area contributed by atoms with Gasteiger partial charge in [0.2, 0.25) is 0 Å². The molecule has 1 heterocycles. The second-order valence-corrected chi connectivity index (χ2v) is 5.94. The first-order valence-corrected chi connectivity index (χ1v) is 7.81. The lowest BCUT2D eigenvalue weighted by Crippen LogP contribution is -1.96. The predicted octanol–water partition coefficient (Wildman–Crippen LogP) is 3.90. The zero-order valence-corrected chi connectivity index (χ0v) is 12.1. The van der Waals surface area contributed by atoms with Gasteiger partial charge in [-0.05, 0) is 36.4 Å². The second-order valence-electron chi connectivity index (χ2n) is 4.52. The Labute approximate surface area is 126 Å². The molecule has 3 aromatic rings. The van der Waals surface area contributed by atoms with E-state index < -0.39 is 10.1 Å². The molecule has 0 aliphatic rings. The highest BCUT2D eigenvalue weighted by Gasteiger charge is 2.08. The third-order valence-corrected chi connectivity index (χ3v) is 3.90. The maximum atomic E-state index is 11.0. The summed E-state index contributed by atoms with van der Waals surface area (Å²) in [5, 5.41) is 9.12. The Morgan fingerprint density at radius 2 is 1.64 bits per heavy atom. The van der Waals surface area contributed by atoms with Gasteiger partial charge in [0.25, 0.3) is 10.1 Å². The van der Waals surface area contributed by atoms with Crippen molar-refractivity contribution in [1.29, 1.82) is 0 Å². The van der Waals surface area contributed by atoms with Crippen LogP contribution in [0.4, 0.5) is 11.4 Å². The zero-order valence-electron chi connectivity index (χ0n) is 11.3. The van der Waals surface area contributed by atoms with Gasteiger partial charge in [-0.2, -0.15) is 13.5 Å². The molecule has 0 unspecified atom stereocenters. The summed E-state index contributed by atoms with van der Waals surface area (Å²) < 4.78 is 30.8. The number of benzene rings is 2. The number of para-hydroxylation sites is 1. The van der Waals surface area contributed by atoms with E-state index in [1.165, 1.54) is 24.3 Å². The first kappa shape index (κ1) is 14.3. The van der Waals surface area contributed by atoms with Crippen molar-refractivity contribution < 1.29 is 13.0 Å². The molecule has 0 fully saturated rings. The summed E-state index contributed by atoms with van der Waals surface area (Å²) in [5.74, 6) is 0. The first-order chi connectivity index (χ1) is 10.5. The van der Waals surface area contributed by atoms with Gasteiger partial charge in [0.15, 0.2) is 0 Å². The van der Waals surface area contributed by atoms with E-state index >= 15 is 0 Å². The van der Waals surface area contributed by atoms with Gasteiger partial charge in [-0.25, -0.2) is 0 Å². The molecule has 1 N–H and O–H groups in total. The van der Waals surface area contributed by atoms with Crippen molar-refractivity contribution in [3.05, 3.63) is 60.8 Å². The minimum Gasteiger partial charge on any atom is -0.282 e. The minimum absolute atomic E-state index is 0.180. The topological polar surface area (TPSA) is 92.0 Å². The van der Waals surface area contributed by atoms with Gasteiger partial charge in [0.05, 0.1) is 21.8 Å². The van der Waals surface area contributed by atoms with E-state index in [-0.39, 0.29) is 4.90 Å². The maximum absolute atomic E-state index is 11.0. The van der Waals surface area contributed by atoms with Gasteiger partial charge in [0, 0.05) is 11.6 Å². The van der Waals surface area contributed by atoms with Crippen molar-refractivity contribution in [3.63, 3.8) is 0 Å². The summed E-state index contributed by atoms with van der Waals surface area (Å²) >= 11 is 0. The van der Waals surface area contributed by atoms with Crippen LogP contribution in [-0.4, -0.2) is 18.0 Å². The fraction of sp³-hybridized carbons (Fsp3) is 0. The summed E-state index contributed by atoms with van der Waals surface area (Å²) in [6.45, 7) is 0. The van der Waals surface area contributed by atoms with E-state index in [2.05, 4.69) is 15.2 Å². The van der Waals surface area contributed by atoms with Crippen molar-refractivity contribution in [3.8, 4) is 0 Å². The number of nitrogens with zero attached hydrogens (tertiary/aromatic N) is 3. The molecule has 22 heavy (non-hydrogen) atoms. The lowest BCUT2D eigenvalue weighted by Gasteiger charge is -2.00. The molecule has 0 saturated carbocycles. The third kappa shape index (κ3) is 3.00. The van der Waals surface area contributed by atoms with Crippen LogP contribution in [0.2, 0.25) is 0 Å². The summed E-state index contributed by atoms with van der Waals surface area (Å²) in [6, 6.07) is 14.8. The molecule has 0 spiro atoms. The normalized spacial score (nSPS) is 12.0. The summed E-state index contributed by atoms with van der Waals surface area (Å²) in [7, 11) is -4.20. The maximum Gasteiger partial charge on any atom is 0.294 e. The van der Waals surface area contributed by atoms with E-state index in [9.17, 15) is 8.42 Å². The lowest BCUT2D eigenvalue weighted by molar-refractivity contribution is 0.483. The standard InChI is InChI=1S/C15H11N3O3S/c19-22(20,21)12-7-5-11(6-8-12)17-18-15-9-10-16-14-4-2-1-3-13(14)15/h1-10H,(H,19,20,21). The molecular weight excluding hydrogens is 302 g/mol. The van der Waals surface area contributed by atoms with Crippen molar-refractivity contribution in [1.82, 2.24) is 4.98 Å². The molecule has 2 aromatic carbocycles. The molecule has 0 aliphatic heterocycles. The van der Waals surface area contributed by atoms with Crippen LogP contribution in [0.5, 0.6) is 0 Å². The van der Waals surface area contributed by atoms with Gasteiger partial charge in [-0.1, -0.05) is 18.2 Å². The number of fused-ring (bicyclic) bond motifs is 1. The Kier molecular flexibility index (Phi) is 3.66. The fourth-order valence-corrected chi connectivity index (χ4v) is 2.44. The number of hydrogen-bond acceptors (Lipinski definition) is 5. The Bertz CT molecular complexity index is 946. The number of hydrogen-bond donors (Lipinski definition) is 1. The van der Waals surface area contributed by atoms with Crippen LogP contribution >= 0.6 is 0 Å². The third-order valence-electron chi connectivity index (χ3n) is 3.03. The zero-order chi connectivity index (χ0) is 15.6. The summed E-state index contributed by atoms with van der Waals surface area (Å²) in [6.07, 6.45) is 1.65. The molecule has 0 saturated heterocycles. The minimum atomic E-state index is -4.20. The number of rotatable bonds is 3. The highest BCUT2D eigenvalue weighted by molar-refractivity contribution is 7.85. The summed E-state index contributed by atoms with van der Waals surface area (Å²) in [5.41, 5.74) is 1.97. The van der Waals surface area contributed by atoms with E-state index in [1.807, 2.05) is 24.3 Å². The number of azo groups is 1. The van der Waals surface area contributed by atoms with E-state index in [1.54, 1.807) is 12.3 Å². The van der Waals surface area contributed by atoms with Crippen molar-refractivity contribution >= 4 is 32.4 Å². The quantitative estimate of drug-likeness (QED) is 0.586. The number of aromatic nitrogens is 1. The average Bonchev–Trinajstić information content (AvgIpc) is 2.52. The molecule has 0 radical (unpaired) electrons. The summed E-state index contributed by atoms with van der Waals surface area (Å²) in [4.78, 5) is 4.06. The van der Waals surface area contributed by atoms with Crippen molar-refractivity contribution in [2.75, 3.05) is 0 Å². The SMILES string of the molecule is O=S(=O)(O)c1ccc(N=Nc2ccnc3ccccc23)cc1. The number of pyridine rings is 1. The van der Waals surface area contributed by atoms with E-state index in [4.69, 9.17) is 4.55 Å². The molecule has 3 rings (SSSR count). The van der Waals surface area contributed by atoms with Crippen LogP contribution in [0.25, 0.3) is 10.9 Å². The van der Waals surface area contributed by atoms with Crippen LogP contribution in [0, 0.1) is 0 Å². The van der Waals surface area contributed by atoms with Gasteiger partial charge in [0.1, 0.15) is 0 Å². The van der Waals surface area contributed by atoms with Gasteiger partial charge in [-0.3, -0.25) is 9.54 Å². The predicted molar refractivity (Wildman–Crippen MR) is 82.2 cm³/mol. The van der Waals surface area contributed by atoms with Crippen LogP contribution in [0.1, 0.15) is 0 Å². The van der Waals surface area contributed by atoms with Crippen molar-refractivity contribution in [2.45, 2.75) is 4.90 Å². The molecule has 6 nitrogen and oxygen atoms in total. The Hall–Kier alpha value is -2.64. The van der Waals surface area contributed by atoms with Crippen molar-refractivity contribution in [2.24, 2.45) is 10.2 Å². The molecule has 0 atom stereocenters. The molecule has 1 aromatic heterocycles. The molecule has 0 bridgehead atoms. The second kappa shape index (κ2) is 5.63. The average molecular weight is 313 g/mol. The molecule has 0 amide bonds. The molecular formula is C15H11N3O3S. The van der Waals surface area contributed by atoms with Crippen LogP contribution in [-0.2, 0) is 10.1 Å². The molecule has 7 heteroatoms. The smallest absolute Gasteiger partial charge is 0.282 e.